The maximum Gasteiger partial charge on any atom is 0.162 e. The highest BCUT2D eigenvalue weighted by atomic mass is 79.9. The van der Waals surface area contributed by atoms with Crippen molar-refractivity contribution in [1.82, 2.24) is 9.97 Å². The van der Waals surface area contributed by atoms with Gasteiger partial charge in [0.05, 0.1) is 11.9 Å². The normalized spacial score (nSPS) is 10.9. The Balaban J connectivity index is 1.69. The van der Waals surface area contributed by atoms with Crippen molar-refractivity contribution < 1.29 is 0 Å². The van der Waals surface area contributed by atoms with Crippen LogP contribution in [0.25, 0.3) is 22.6 Å². The standard InChI is InChI=1S/C23H17BrN4/c24-20-13-11-19(12-14-20)23-26-21(18-9-5-2-6-10-18)15-22(27-23)28-25-16-17-7-3-1-4-8-17/h1-16H,(H,26,27,28)/b25-16+. The van der Waals surface area contributed by atoms with E-state index in [0.717, 1.165) is 26.9 Å². The van der Waals surface area contributed by atoms with E-state index in [1.807, 2.05) is 91.0 Å². The zero-order valence-electron chi connectivity index (χ0n) is 15.0. The predicted molar refractivity (Wildman–Crippen MR) is 118 cm³/mol. The summed E-state index contributed by atoms with van der Waals surface area (Å²) in [7, 11) is 0. The van der Waals surface area contributed by atoms with Gasteiger partial charge in [-0.05, 0) is 17.7 Å². The fraction of sp³-hybridized carbons (Fsp3) is 0. The smallest absolute Gasteiger partial charge is 0.162 e. The van der Waals surface area contributed by atoms with Gasteiger partial charge in [0.1, 0.15) is 0 Å². The fourth-order valence-electron chi connectivity index (χ4n) is 2.70. The molecule has 4 aromatic rings. The lowest BCUT2D eigenvalue weighted by molar-refractivity contribution is 1.15. The monoisotopic (exact) mass is 428 g/mol. The highest BCUT2D eigenvalue weighted by molar-refractivity contribution is 9.10. The third-order valence-electron chi connectivity index (χ3n) is 4.09. The van der Waals surface area contributed by atoms with E-state index >= 15 is 0 Å². The first-order valence-electron chi connectivity index (χ1n) is 8.82. The van der Waals surface area contributed by atoms with Crippen molar-refractivity contribution in [3.05, 3.63) is 101 Å². The SMILES string of the molecule is Brc1ccc(-c2nc(N/N=C/c3ccccc3)cc(-c3ccccc3)n2)cc1. The van der Waals surface area contributed by atoms with Crippen molar-refractivity contribution in [1.29, 1.82) is 0 Å². The van der Waals surface area contributed by atoms with Crippen LogP contribution in [-0.4, -0.2) is 16.2 Å². The summed E-state index contributed by atoms with van der Waals surface area (Å²) < 4.78 is 1.02. The van der Waals surface area contributed by atoms with Crippen LogP contribution < -0.4 is 5.43 Å². The molecule has 0 aliphatic carbocycles. The van der Waals surface area contributed by atoms with E-state index in [4.69, 9.17) is 4.98 Å². The molecule has 0 fully saturated rings. The number of nitrogens with zero attached hydrogens (tertiary/aromatic N) is 3. The molecule has 0 saturated heterocycles. The van der Waals surface area contributed by atoms with Crippen LogP contribution in [0.4, 0.5) is 5.82 Å². The van der Waals surface area contributed by atoms with Crippen molar-refractivity contribution in [2.24, 2.45) is 5.10 Å². The summed E-state index contributed by atoms with van der Waals surface area (Å²) in [6.07, 6.45) is 1.77. The van der Waals surface area contributed by atoms with Gasteiger partial charge in [0.2, 0.25) is 0 Å². The Morgan fingerprint density at radius 1 is 0.750 bits per heavy atom. The second-order valence-corrected chi connectivity index (χ2v) is 7.03. The molecule has 0 aliphatic rings. The lowest BCUT2D eigenvalue weighted by Gasteiger charge is -2.08. The molecule has 4 nitrogen and oxygen atoms in total. The molecule has 4 rings (SSSR count). The average Bonchev–Trinajstić information content (AvgIpc) is 2.75. The lowest BCUT2D eigenvalue weighted by atomic mass is 10.1. The van der Waals surface area contributed by atoms with E-state index in [9.17, 15) is 0 Å². The Labute approximate surface area is 172 Å². The second-order valence-electron chi connectivity index (χ2n) is 6.12. The van der Waals surface area contributed by atoms with E-state index in [0.29, 0.717) is 11.6 Å². The topological polar surface area (TPSA) is 50.2 Å². The quantitative estimate of drug-likeness (QED) is 0.312. The predicted octanol–water partition coefficient (Wildman–Crippen LogP) is 6.02. The summed E-state index contributed by atoms with van der Waals surface area (Å²) >= 11 is 3.47. The summed E-state index contributed by atoms with van der Waals surface area (Å²) in [5.74, 6) is 1.28. The van der Waals surface area contributed by atoms with Crippen LogP contribution in [0.1, 0.15) is 5.56 Å². The molecule has 0 bridgehead atoms. The maximum absolute atomic E-state index is 4.75. The molecule has 1 N–H and O–H groups in total. The van der Waals surface area contributed by atoms with Gasteiger partial charge >= 0.3 is 0 Å². The van der Waals surface area contributed by atoms with Crippen LogP contribution in [0.3, 0.4) is 0 Å². The molecule has 0 aliphatic heterocycles. The van der Waals surface area contributed by atoms with Gasteiger partial charge < -0.3 is 0 Å². The maximum atomic E-state index is 4.75. The molecular formula is C23H17BrN4. The van der Waals surface area contributed by atoms with Crippen LogP contribution in [-0.2, 0) is 0 Å². The lowest BCUT2D eigenvalue weighted by Crippen LogP contribution is -1.99. The number of nitrogens with one attached hydrogen (secondary N) is 1. The van der Waals surface area contributed by atoms with Crippen molar-refractivity contribution in [3.8, 4) is 22.6 Å². The van der Waals surface area contributed by atoms with Crippen LogP contribution >= 0.6 is 15.9 Å². The van der Waals surface area contributed by atoms with Gasteiger partial charge in [-0.15, -0.1) is 0 Å². The summed E-state index contributed by atoms with van der Waals surface area (Å²) in [6, 6.07) is 29.8. The van der Waals surface area contributed by atoms with E-state index in [1.54, 1.807) is 6.21 Å². The first-order valence-corrected chi connectivity index (χ1v) is 9.62. The third kappa shape index (κ3) is 4.50. The van der Waals surface area contributed by atoms with E-state index in [-0.39, 0.29) is 0 Å². The second kappa shape index (κ2) is 8.59. The Morgan fingerprint density at radius 2 is 1.43 bits per heavy atom. The van der Waals surface area contributed by atoms with Crippen LogP contribution in [0.5, 0.6) is 0 Å². The van der Waals surface area contributed by atoms with Crippen LogP contribution in [0, 0.1) is 0 Å². The minimum absolute atomic E-state index is 0.638. The molecule has 0 atom stereocenters. The summed E-state index contributed by atoms with van der Waals surface area (Å²) in [6.45, 7) is 0. The van der Waals surface area contributed by atoms with Gasteiger partial charge in [-0.1, -0.05) is 88.7 Å². The van der Waals surface area contributed by atoms with Crippen LogP contribution in [0.2, 0.25) is 0 Å². The Bertz CT molecular complexity index is 1080. The summed E-state index contributed by atoms with van der Waals surface area (Å²) in [4.78, 5) is 9.39. The molecular weight excluding hydrogens is 412 g/mol. The third-order valence-corrected chi connectivity index (χ3v) is 4.62. The molecule has 28 heavy (non-hydrogen) atoms. The van der Waals surface area contributed by atoms with Crippen molar-refractivity contribution in [3.63, 3.8) is 0 Å². The van der Waals surface area contributed by atoms with Crippen LogP contribution in [0.15, 0.2) is 101 Å². The van der Waals surface area contributed by atoms with Gasteiger partial charge in [-0.25, -0.2) is 9.97 Å². The van der Waals surface area contributed by atoms with Gasteiger partial charge in [0, 0.05) is 21.7 Å². The van der Waals surface area contributed by atoms with Gasteiger partial charge in [0.15, 0.2) is 11.6 Å². The number of benzene rings is 3. The summed E-state index contributed by atoms with van der Waals surface area (Å²) in [5.41, 5.74) is 6.85. The molecule has 1 heterocycles. The first-order chi connectivity index (χ1) is 13.8. The number of halogens is 1. The van der Waals surface area contributed by atoms with E-state index in [2.05, 4.69) is 31.4 Å². The molecule has 3 aromatic carbocycles. The number of anilines is 1. The Morgan fingerprint density at radius 3 is 2.14 bits per heavy atom. The van der Waals surface area contributed by atoms with Crippen molar-refractivity contribution in [2.45, 2.75) is 0 Å². The van der Waals surface area contributed by atoms with E-state index in [1.165, 1.54) is 0 Å². The minimum atomic E-state index is 0.638. The van der Waals surface area contributed by atoms with Gasteiger partial charge in [0.25, 0.3) is 0 Å². The molecule has 0 spiro atoms. The Kier molecular flexibility index (Phi) is 5.54. The molecule has 0 amide bonds. The molecule has 5 heteroatoms. The number of aromatic nitrogens is 2. The van der Waals surface area contributed by atoms with Crippen molar-refractivity contribution >= 4 is 28.0 Å². The number of hydrogen-bond donors (Lipinski definition) is 1. The molecule has 0 unspecified atom stereocenters. The summed E-state index contributed by atoms with van der Waals surface area (Å²) in [5, 5.41) is 4.32. The molecule has 0 saturated carbocycles. The van der Waals surface area contributed by atoms with Gasteiger partial charge in [-0.3, -0.25) is 5.43 Å². The number of hydrogen-bond acceptors (Lipinski definition) is 4. The first kappa shape index (κ1) is 18.1. The van der Waals surface area contributed by atoms with E-state index < -0.39 is 0 Å². The molecule has 136 valence electrons. The minimum Gasteiger partial charge on any atom is -0.261 e. The van der Waals surface area contributed by atoms with Crippen molar-refractivity contribution in [2.75, 3.05) is 5.43 Å². The highest BCUT2D eigenvalue weighted by Gasteiger charge is 2.08. The zero-order chi connectivity index (χ0) is 19.2. The zero-order valence-corrected chi connectivity index (χ0v) is 16.5. The largest absolute Gasteiger partial charge is 0.261 e. The average molecular weight is 429 g/mol. The molecule has 1 aromatic heterocycles. The van der Waals surface area contributed by atoms with Gasteiger partial charge in [-0.2, -0.15) is 5.10 Å². The number of hydrazone groups is 1. The highest BCUT2D eigenvalue weighted by Crippen LogP contribution is 2.25. The fourth-order valence-corrected chi connectivity index (χ4v) is 2.97. The number of rotatable bonds is 5. The Hall–Kier alpha value is -3.31. The molecule has 0 radical (unpaired) electrons.